The lowest BCUT2D eigenvalue weighted by Crippen LogP contribution is -2.28. The second kappa shape index (κ2) is 10.2. The van der Waals surface area contributed by atoms with E-state index in [0.717, 1.165) is 17.5 Å². The Hall–Kier alpha value is -2.86. The Morgan fingerprint density at radius 1 is 1.04 bits per heavy atom. The van der Waals surface area contributed by atoms with Crippen LogP contribution in [0, 0.1) is 0 Å². The van der Waals surface area contributed by atoms with Crippen LogP contribution in [0.1, 0.15) is 40.9 Å². The van der Waals surface area contributed by atoms with Crippen molar-refractivity contribution >= 4 is 11.9 Å². The molecule has 0 heterocycles. The Morgan fingerprint density at radius 2 is 1.73 bits per heavy atom. The molecule has 1 unspecified atom stereocenters. The first kappa shape index (κ1) is 19.5. The number of nitrogens with two attached hydrogens (primary N) is 1. The van der Waals surface area contributed by atoms with Crippen molar-refractivity contribution in [2.75, 3.05) is 13.2 Å². The van der Waals surface area contributed by atoms with Gasteiger partial charge in [-0.25, -0.2) is 4.79 Å². The monoisotopic (exact) mass is 355 g/mol. The van der Waals surface area contributed by atoms with E-state index in [2.05, 4.69) is 10.6 Å². The van der Waals surface area contributed by atoms with Gasteiger partial charge in [0.1, 0.15) is 0 Å². The molecule has 4 N–H and O–H groups in total. The smallest absolute Gasteiger partial charge is 0.312 e. The van der Waals surface area contributed by atoms with Crippen molar-refractivity contribution in [1.82, 2.24) is 10.6 Å². The molecule has 0 aliphatic heterocycles. The number of amides is 3. The van der Waals surface area contributed by atoms with Crippen LogP contribution >= 0.6 is 0 Å². The van der Waals surface area contributed by atoms with Crippen molar-refractivity contribution in [3.05, 3.63) is 71.3 Å². The molecule has 0 saturated heterocycles. The van der Waals surface area contributed by atoms with Crippen LogP contribution in [0.3, 0.4) is 0 Å². The van der Waals surface area contributed by atoms with E-state index in [4.69, 9.17) is 10.5 Å². The number of nitrogens with one attached hydrogen (secondary N) is 2. The van der Waals surface area contributed by atoms with Crippen molar-refractivity contribution in [2.24, 2.45) is 5.73 Å². The quantitative estimate of drug-likeness (QED) is 0.604. The molecule has 0 fully saturated rings. The van der Waals surface area contributed by atoms with Crippen LogP contribution in [0.5, 0.6) is 0 Å². The van der Waals surface area contributed by atoms with Crippen molar-refractivity contribution < 1.29 is 14.3 Å². The topological polar surface area (TPSA) is 93.4 Å². The van der Waals surface area contributed by atoms with Crippen LogP contribution in [0.2, 0.25) is 0 Å². The number of ether oxygens (including phenoxy) is 1. The number of hydrogen-bond acceptors (Lipinski definition) is 3. The van der Waals surface area contributed by atoms with Gasteiger partial charge in [-0.1, -0.05) is 42.5 Å². The number of benzene rings is 2. The van der Waals surface area contributed by atoms with Gasteiger partial charge in [-0.2, -0.15) is 0 Å². The molecule has 3 amide bonds. The molecule has 2 aromatic rings. The fourth-order valence-electron chi connectivity index (χ4n) is 2.42. The summed E-state index contributed by atoms with van der Waals surface area (Å²) in [6.07, 6.45) is 0.775. The first-order valence-electron chi connectivity index (χ1n) is 8.63. The molecule has 0 radical (unpaired) electrons. The van der Waals surface area contributed by atoms with Gasteiger partial charge in [-0.3, -0.25) is 4.79 Å². The van der Waals surface area contributed by atoms with Gasteiger partial charge >= 0.3 is 6.03 Å². The fraction of sp³-hybridized carbons (Fsp3) is 0.300. The molecule has 0 aromatic heterocycles. The van der Waals surface area contributed by atoms with Crippen molar-refractivity contribution in [3.63, 3.8) is 0 Å². The maximum atomic E-state index is 12.1. The van der Waals surface area contributed by atoms with Gasteiger partial charge in [0, 0.05) is 25.3 Å². The summed E-state index contributed by atoms with van der Waals surface area (Å²) < 4.78 is 5.78. The van der Waals surface area contributed by atoms with Crippen LogP contribution in [0.4, 0.5) is 4.79 Å². The SMILES string of the molecule is CC(OCCCNC(=O)c1ccc(CNC(N)=O)cc1)c1ccccc1. The summed E-state index contributed by atoms with van der Waals surface area (Å²) in [4.78, 5) is 22.8. The summed E-state index contributed by atoms with van der Waals surface area (Å²) >= 11 is 0. The van der Waals surface area contributed by atoms with Crippen molar-refractivity contribution in [1.29, 1.82) is 0 Å². The van der Waals surface area contributed by atoms with Crippen LogP contribution in [0.15, 0.2) is 54.6 Å². The number of carbonyl (C=O) groups excluding carboxylic acids is 2. The average molecular weight is 355 g/mol. The maximum Gasteiger partial charge on any atom is 0.312 e. The van der Waals surface area contributed by atoms with Gasteiger partial charge in [0.2, 0.25) is 0 Å². The molecule has 0 saturated carbocycles. The van der Waals surface area contributed by atoms with Gasteiger partial charge in [-0.05, 0) is 36.6 Å². The van der Waals surface area contributed by atoms with Crippen LogP contribution in [-0.4, -0.2) is 25.1 Å². The number of urea groups is 1. The van der Waals surface area contributed by atoms with Gasteiger partial charge in [-0.15, -0.1) is 0 Å². The van der Waals surface area contributed by atoms with E-state index in [0.29, 0.717) is 25.3 Å². The Kier molecular flexibility index (Phi) is 7.64. The lowest BCUT2D eigenvalue weighted by molar-refractivity contribution is 0.0635. The van der Waals surface area contributed by atoms with Crippen molar-refractivity contribution in [2.45, 2.75) is 26.0 Å². The first-order chi connectivity index (χ1) is 12.6. The minimum absolute atomic E-state index is 0.0356. The zero-order valence-corrected chi connectivity index (χ0v) is 14.9. The van der Waals surface area contributed by atoms with Gasteiger partial charge in [0.15, 0.2) is 0 Å². The fourth-order valence-corrected chi connectivity index (χ4v) is 2.42. The lowest BCUT2D eigenvalue weighted by atomic mass is 10.1. The molecule has 26 heavy (non-hydrogen) atoms. The predicted octanol–water partition coefficient (Wildman–Crippen LogP) is 2.75. The summed E-state index contributed by atoms with van der Waals surface area (Å²) in [7, 11) is 0. The number of primary amides is 1. The van der Waals surface area contributed by atoms with Crippen LogP contribution in [0.25, 0.3) is 0 Å². The average Bonchev–Trinajstić information content (AvgIpc) is 2.66. The Morgan fingerprint density at radius 3 is 2.38 bits per heavy atom. The molecule has 6 heteroatoms. The molecule has 1 atom stereocenters. The Balaban J connectivity index is 1.66. The van der Waals surface area contributed by atoms with E-state index < -0.39 is 6.03 Å². The maximum absolute atomic E-state index is 12.1. The molecular weight excluding hydrogens is 330 g/mol. The highest BCUT2D eigenvalue weighted by Gasteiger charge is 2.07. The van der Waals surface area contributed by atoms with E-state index in [1.165, 1.54) is 0 Å². The summed E-state index contributed by atoms with van der Waals surface area (Å²) in [6, 6.07) is 16.5. The highest BCUT2D eigenvalue weighted by molar-refractivity contribution is 5.94. The molecule has 0 spiro atoms. The minimum atomic E-state index is -0.573. The van der Waals surface area contributed by atoms with E-state index in [9.17, 15) is 9.59 Å². The van der Waals surface area contributed by atoms with E-state index in [1.54, 1.807) is 24.3 Å². The molecule has 0 bridgehead atoms. The zero-order valence-electron chi connectivity index (χ0n) is 14.9. The summed E-state index contributed by atoms with van der Waals surface area (Å²) in [5.74, 6) is -0.129. The third-order valence-electron chi connectivity index (χ3n) is 3.93. The second-order valence-electron chi connectivity index (χ2n) is 5.95. The third-order valence-corrected chi connectivity index (χ3v) is 3.93. The molecule has 0 aliphatic rings. The largest absolute Gasteiger partial charge is 0.374 e. The first-order valence-corrected chi connectivity index (χ1v) is 8.63. The van der Waals surface area contributed by atoms with Gasteiger partial charge < -0.3 is 21.1 Å². The zero-order chi connectivity index (χ0) is 18.8. The Labute approximate surface area is 153 Å². The number of carbonyl (C=O) groups is 2. The van der Waals surface area contributed by atoms with Gasteiger partial charge in [0.05, 0.1) is 6.10 Å². The Bertz CT molecular complexity index is 702. The second-order valence-corrected chi connectivity index (χ2v) is 5.95. The lowest BCUT2D eigenvalue weighted by Gasteiger charge is -2.13. The van der Waals surface area contributed by atoms with Crippen LogP contribution in [-0.2, 0) is 11.3 Å². The normalized spacial score (nSPS) is 11.6. The standard InChI is InChI=1S/C20H25N3O3/c1-15(17-6-3-2-4-7-17)26-13-5-12-22-19(24)18-10-8-16(9-11-18)14-23-20(21)25/h2-4,6-11,15H,5,12-14H2,1H3,(H,22,24)(H3,21,23,25). The highest BCUT2D eigenvalue weighted by Crippen LogP contribution is 2.15. The predicted molar refractivity (Wildman–Crippen MR) is 101 cm³/mol. The van der Waals surface area contributed by atoms with Gasteiger partial charge in [0.25, 0.3) is 5.91 Å². The molecule has 138 valence electrons. The van der Waals surface area contributed by atoms with Crippen LogP contribution < -0.4 is 16.4 Å². The summed E-state index contributed by atoms with van der Waals surface area (Å²) in [5, 5.41) is 5.38. The summed E-state index contributed by atoms with van der Waals surface area (Å²) in [5.41, 5.74) is 7.62. The van der Waals surface area contributed by atoms with Crippen molar-refractivity contribution in [3.8, 4) is 0 Å². The molecular formula is C20H25N3O3. The molecule has 2 aromatic carbocycles. The minimum Gasteiger partial charge on any atom is -0.374 e. The third kappa shape index (κ3) is 6.57. The van der Waals surface area contributed by atoms with E-state index in [-0.39, 0.29) is 12.0 Å². The molecule has 0 aliphatic carbocycles. The highest BCUT2D eigenvalue weighted by atomic mass is 16.5. The molecule has 2 rings (SSSR count). The number of rotatable bonds is 9. The van der Waals surface area contributed by atoms with E-state index in [1.807, 2.05) is 37.3 Å². The summed E-state index contributed by atoms with van der Waals surface area (Å²) in [6.45, 7) is 3.48. The number of hydrogen-bond donors (Lipinski definition) is 3. The van der Waals surface area contributed by atoms with E-state index >= 15 is 0 Å². The molecule has 6 nitrogen and oxygen atoms in total.